The number of carbonyl (C=O) groups excluding carboxylic acids is 4. The number of fused-ring (bicyclic) bond motifs is 1. The standard InChI is InChI=1S/C27H20N2O8/c1-15-5-3-4-6-19(15)29-25(31)18(24(30)28-27(29)33)11-16-7-9-21(22(12-16)34-2)37-26(32)17-8-10-20-23(13-17)36-14-35-20/h3-13H,14H2,1-2H3,(H,28,30,33)/b18-11+. The molecule has 0 spiro atoms. The average Bonchev–Trinajstić information content (AvgIpc) is 3.36. The second-order valence-electron chi connectivity index (χ2n) is 8.11. The lowest BCUT2D eigenvalue weighted by Gasteiger charge is -2.27. The fraction of sp³-hybridized carbons (Fsp3) is 0.111. The Kier molecular flexibility index (Phi) is 6.06. The van der Waals surface area contributed by atoms with Crippen molar-refractivity contribution in [1.29, 1.82) is 0 Å². The summed E-state index contributed by atoms with van der Waals surface area (Å²) in [5.74, 6) is -0.927. The van der Waals surface area contributed by atoms with E-state index in [2.05, 4.69) is 5.32 Å². The number of esters is 1. The number of para-hydroxylation sites is 1. The Labute approximate surface area is 211 Å². The molecule has 1 fully saturated rings. The Balaban J connectivity index is 1.41. The maximum absolute atomic E-state index is 13.2. The average molecular weight is 500 g/mol. The maximum atomic E-state index is 13.2. The molecule has 0 unspecified atom stereocenters. The predicted molar refractivity (Wildman–Crippen MR) is 131 cm³/mol. The van der Waals surface area contributed by atoms with Crippen molar-refractivity contribution in [3.05, 3.63) is 82.9 Å². The van der Waals surface area contributed by atoms with Crippen molar-refractivity contribution in [3.8, 4) is 23.0 Å². The van der Waals surface area contributed by atoms with Gasteiger partial charge in [-0.3, -0.25) is 14.9 Å². The molecule has 0 radical (unpaired) electrons. The Hall–Kier alpha value is -5.12. The van der Waals surface area contributed by atoms with Crippen molar-refractivity contribution < 1.29 is 38.1 Å². The summed E-state index contributed by atoms with van der Waals surface area (Å²) in [7, 11) is 1.39. The topological polar surface area (TPSA) is 120 Å². The number of aryl methyl sites for hydroxylation is 1. The van der Waals surface area contributed by atoms with Gasteiger partial charge in [0, 0.05) is 0 Å². The third-order valence-electron chi connectivity index (χ3n) is 5.77. The first-order chi connectivity index (χ1) is 17.9. The van der Waals surface area contributed by atoms with Gasteiger partial charge in [-0.1, -0.05) is 24.3 Å². The molecular formula is C27H20N2O8. The second-order valence-corrected chi connectivity index (χ2v) is 8.11. The van der Waals surface area contributed by atoms with Crippen molar-refractivity contribution in [2.45, 2.75) is 6.92 Å². The van der Waals surface area contributed by atoms with Crippen LogP contribution in [0.3, 0.4) is 0 Å². The fourth-order valence-corrected chi connectivity index (χ4v) is 3.90. The number of hydrogen-bond donors (Lipinski definition) is 1. The Bertz CT molecular complexity index is 1490. The maximum Gasteiger partial charge on any atom is 0.343 e. The van der Waals surface area contributed by atoms with Gasteiger partial charge in [-0.05, 0) is 60.5 Å². The van der Waals surface area contributed by atoms with Crippen LogP contribution >= 0.6 is 0 Å². The van der Waals surface area contributed by atoms with Gasteiger partial charge in [-0.15, -0.1) is 0 Å². The number of benzene rings is 3. The van der Waals surface area contributed by atoms with Crippen LogP contribution in [0, 0.1) is 6.92 Å². The van der Waals surface area contributed by atoms with Gasteiger partial charge in [0.05, 0.1) is 18.4 Å². The Morgan fingerprint density at radius 3 is 2.54 bits per heavy atom. The van der Waals surface area contributed by atoms with Crippen LogP contribution in [0.1, 0.15) is 21.5 Å². The van der Waals surface area contributed by atoms with Crippen LogP contribution < -0.4 is 29.2 Å². The molecule has 186 valence electrons. The first kappa shape index (κ1) is 23.6. The number of ether oxygens (including phenoxy) is 4. The van der Waals surface area contributed by atoms with E-state index in [4.69, 9.17) is 18.9 Å². The molecule has 0 saturated carbocycles. The quantitative estimate of drug-likeness (QED) is 0.244. The van der Waals surface area contributed by atoms with E-state index in [9.17, 15) is 19.2 Å². The number of carbonyl (C=O) groups is 4. The van der Waals surface area contributed by atoms with Crippen molar-refractivity contribution in [2.75, 3.05) is 18.8 Å². The molecule has 5 rings (SSSR count). The number of barbiturate groups is 1. The fourth-order valence-electron chi connectivity index (χ4n) is 3.90. The number of amides is 4. The summed E-state index contributed by atoms with van der Waals surface area (Å²) < 4.78 is 21.4. The van der Waals surface area contributed by atoms with Crippen LogP contribution in [0.25, 0.3) is 6.08 Å². The summed E-state index contributed by atoms with van der Waals surface area (Å²) in [5, 5.41) is 2.20. The van der Waals surface area contributed by atoms with Gasteiger partial charge in [0.25, 0.3) is 11.8 Å². The lowest BCUT2D eigenvalue weighted by molar-refractivity contribution is -0.122. The molecule has 0 aliphatic carbocycles. The highest BCUT2D eigenvalue weighted by atomic mass is 16.7. The molecule has 1 N–H and O–H groups in total. The minimum Gasteiger partial charge on any atom is -0.493 e. The van der Waals surface area contributed by atoms with E-state index in [1.807, 2.05) is 0 Å². The Morgan fingerprint density at radius 1 is 0.973 bits per heavy atom. The van der Waals surface area contributed by atoms with E-state index >= 15 is 0 Å². The van der Waals surface area contributed by atoms with Crippen LogP contribution in [0.15, 0.2) is 66.2 Å². The van der Waals surface area contributed by atoms with Gasteiger partial charge in [0.15, 0.2) is 23.0 Å². The molecule has 37 heavy (non-hydrogen) atoms. The number of rotatable bonds is 5. The molecule has 2 aliphatic rings. The van der Waals surface area contributed by atoms with Gasteiger partial charge in [0.1, 0.15) is 5.57 Å². The molecule has 2 heterocycles. The van der Waals surface area contributed by atoms with E-state index in [-0.39, 0.29) is 29.4 Å². The van der Waals surface area contributed by atoms with Crippen LogP contribution in [0.4, 0.5) is 10.5 Å². The monoisotopic (exact) mass is 500 g/mol. The zero-order valence-electron chi connectivity index (χ0n) is 19.8. The number of methoxy groups -OCH3 is 1. The van der Waals surface area contributed by atoms with Gasteiger partial charge in [0.2, 0.25) is 6.79 Å². The molecule has 0 aromatic heterocycles. The second kappa shape index (κ2) is 9.50. The molecule has 0 atom stereocenters. The minimum absolute atomic E-state index is 0.0794. The number of urea groups is 1. The van der Waals surface area contributed by atoms with Gasteiger partial charge in [-0.25, -0.2) is 14.5 Å². The lowest BCUT2D eigenvalue weighted by Crippen LogP contribution is -2.54. The van der Waals surface area contributed by atoms with Crippen LogP contribution in [0.2, 0.25) is 0 Å². The predicted octanol–water partition coefficient (Wildman–Crippen LogP) is 3.62. The number of imide groups is 2. The van der Waals surface area contributed by atoms with Gasteiger partial charge < -0.3 is 18.9 Å². The summed E-state index contributed by atoms with van der Waals surface area (Å²) >= 11 is 0. The van der Waals surface area contributed by atoms with Crippen LogP contribution in [-0.2, 0) is 9.59 Å². The molecule has 2 aliphatic heterocycles. The molecule has 1 saturated heterocycles. The number of nitrogens with zero attached hydrogens (tertiary/aromatic N) is 1. The molecule has 10 heteroatoms. The molecular weight excluding hydrogens is 480 g/mol. The Morgan fingerprint density at radius 2 is 1.76 bits per heavy atom. The lowest BCUT2D eigenvalue weighted by atomic mass is 10.1. The van der Waals surface area contributed by atoms with Crippen molar-refractivity contribution in [2.24, 2.45) is 0 Å². The smallest absolute Gasteiger partial charge is 0.343 e. The summed E-state index contributed by atoms with van der Waals surface area (Å²) in [5.41, 5.74) is 1.48. The third kappa shape index (κ3) is 4.47. The van der Waals surface area contributed by atoms with E-state index in [0.29, 0.717) is 28.3 Å². The van der Waals surface area contributed by atoms with Crippen LogP contribution in [-0.4, -0.2) is 37.7 Å². The SMILES string of the molecule is COc1cc(/C=C2\C(=O)NC(=O)N(c3ccccc3C)C2=O)ccc1OC(=O)c1ccc2c(c1)OCO2. The summed E-state index contributed by atoms with van der Waals surface area (Å²) in [6.07, 6.45) is 1.33. The van der Waals surface area contributed by atoms with Gasteiger partial charge >= 0.3 is 12.0 Å². The van der Waals surface area contributed by atoms with Crippen molar-refractivity contribution in [3.63, 3.8) is 0 Å². The highest BCUT2D eigenvalue weighted by molar-refractivity contribution is 6.39. The van der Waals surface area contributed by atoms with E-state index in [0.717, 1.165) is 4.90 Å². The van der Waals surface area contributed by atoms with Crippen LogP contribution in [0.5, 0.6) is 23.0 Å². The number of nitrogens with one attached hydrogen (secondary N) is 1. The number of anilines is 1. The molecule has 0 bridgehead atoms. The molecule has 3 aromatic rings. The first-order valence-electron chi connectivity index (χ1n) is 11.1. The first-order valence-corrected chi connectivity index (χ1v) is 11.1. The summed E-state index contributed by atoms with van der Waals surface area (Å²) in [6.45, 7) is 1.83. The number of hydrogen-bond acceptors (Lipinski definition) is 8. The largest absolute Gasteiger partial charge is 0.493 e. The van der Waals surface area contributed by atoms with E-state index in [1.54, 1.807) is 49.4 Å². The minimum atomic E-state index is -0.829. The van der Waals surface area contributed by atoms with Gasteiger partial charge in [-0.2, -0.15) is 0 Å². The zero-order chi connectivity index (χ0) is 26.1. The van der Waals surface area contributed by atoms with E-state index in [1.165, 1.54) is 31.4 Å². The molecule has 3 aromatic carbocycles. The summed E-state index contributed by atoms with van der Waals surface area (Å²) in [6, 6.07) is 15.2. The highest BCUT2D eigenvalue weighted by Gasteiger charge is 2.37. The molecule has 4 amide bonds. The van der Waals surface area contributed by atoms with Crippen molar-refractivity contribution in [1.82, 2.24) is 5.32 Å². The molecule has 10 nitrogen and oxygen atoms in total. The van der Waals surface area contributed by atoms with Crippen molar-refractivity contribution >= 4 is 35.6 Å². The summed E-state index contributed by atoms with van der Waals surface area (Å²) in [4.78, 5) is 51.7. The highest BCUT2D eigenvalue weighted by Crippen LogP contribution is 2.34. The third-order valence-corrected chi connectivity index (χ3v) is 5.77. The zero-order valence-corrected chi connectivity index (χ0v) is 19.8. The normalized spacial score (nSPS) is 15.6. The van der Waals surface area contributed by atoms with E-state index < -0.39 is 23.8 Å².